The van der Waals surface area contributed by atoms with Crippen LogP contribution in [-0.4, -0.2) is 20.2 Å². The lowest BCUT2D eigenvalue weighted by molar-refractivity contribution is 0.120. The van der Waals surface area contributed by atoms with Crippen molar-refractivity contribution >= 4 is 39.6 Å². The predicted molar refractivity (Wildman–Crippen MR) is 61.2 cm³/mol. The molecule has 1 atom stereocenters. The Morgan fingerprint density at radius 1 is 1.43 bits per heavy atom. The zero-order valence-electron chi connectivity index (χ0n) is 8.12. The summed E-state index contributed by atoms with van der Waals surface area (Å²) in [5.74, 6) is 0. The molecule has 0 heterocycles. The van der Waals surface area contributed by atoms with Gasteiger partial charge >= 0.3 is 7.75 Å². The molecule has 0 aliphatic heterocycles. The summed E-state index contributed by atoms with van der Waals surface area (Å²) in [6.07, 6.45) is 0. The zero-order valence-corrected chi connectivity index (χ0v) is 12.2. The number of aliphatic hydroxyl groups excluding tert-OH is 1. The molecule has 8 heteroatoms. The van der Waals surface area contributed by atoms with E-state index in [-0.39, 0.29) is 0 Å². The van der Waals surface area contributed by atoms with E-state index in [1.807, 2.05) is 25.9 Å². The molecular weight excluding hydrogens is 341 g/mol. The van der Waals surface area contributed by atoms with Gasteiger partial charge in [-0.05, 0) is 31.9 Å². The Bertz CT molecular complexity index is 240. The van der Waals surface area contributed by atoms with Crippen LogP contribution in [0.1, 0.15) is 20.8 Å². The number of hydrogen-bond donors (Lipinski definition) is 3. The van der Waals surface area contributed by atoms with Gasteiger partial charge in [0.25, 0.3) is 0 Å². The molecule has 0 spiro atoms. The first-order chi connectivity index (χ1) is 6.02. The molecule has 3 N–H and O–H groups in total. The molecule has 0 saturated heterocycles. The van der Waals surface area contributed by atoms with Crippen LogP contribution in [0.3, 0.4) is 0 Å². The van der Waals surface area contributed by atoms with Crippen LogP contribution in [0, 0.1) is 5.41 Å². The maximum Gasteiger partial charge on any atom is 0.406 e. The normalized spacial score (nSPS) is 17.9. The van der Waals surface area contributed by atoms with Crippen LogP contribution < -0.4 is 5.09 Å². The number of nitrogens with one attached hydrogen (secondary N) is 1. The molecule has 0 rings (SSSR count). The van der Waals surface area contributed by atoms with Crippen LogP contribution in [0.2, 0.25) is 0 Å². The molecule has 0 amide bonds. The molecule has 86 valence electrons. The molecule has 1 unspecified atom stereocenters. The van der Waals surface area contributed by atoms with E-state index in [2.05, 4.69) is 31.9 Å². The van der Waals surface area contributed by atoms with E-state index in [1.165, 1.54) is 0 Å². The second-order valence-electron chi connectivity index (χ2n) is 3.69. The highest BCUT2D eigenvalue weighted by Crippen LogP contribution is 2.54. The molecule has 0 aromatic rings. The average Bonchev–Trinajstić information content (AvgIpc) is 1.80. The Labute approximate surface area is 100 Å². The van der Waals surface area contributed by atoms with Gasteiger partial charge in [0.1, 0.15) is 6.73 Å². The molecule has 0 aromatic carbocycles. The standard InChI is InChI=1S/C6H14Br2NO4P/c1-5(2,3)6(7,8)13-14(11,12)9-4-10/h10H,4H2,1-3H3,(H2,9,11,12). The summed E-state index contributed by atoms with van der Waals surface area (Å²) in [6.45, 7) is 4.81. The van der Waals surface area contributed by atoms with E-state index in [1.54, 1.807) is 0 Å². The quantitative estimate of drug-likeness (QED) is 0.409. The fraction of sp³-hybridized carbons (Fsp3) is 1.00. The number of rotatable bonds is 4. The third kappa shape index (κ3) is 4.70. The summed E-state index contributed by atoms with van der Waals surface area (Å²) in [6, 6.07) is 0. The lowest BCUT2D eigenvalue weighted by atomic mass is 9.99. The molecule has 0 bridgehead atoms. The summed E-state index contributed by atoms with van der Waals surface area (Å²) >= 11 is 6.30. The van der Waals surface area contributed by atoms with Crippen molar-refractivity contribution in [2.24, 2.45) is 5.41 Å². The van der Waals surface area contributed by atoms with E-state index in [4.69, 9.17) is 9.63 Å². The number of hydrogen-bond acceptors (Lipinski definition) is 3. The fourth-order valence-electron chi connectivity index (χ4n) is 0.414. The van der Waals surface area contributed by atoms with Gasteiger partial charge in [0.05, 0.1) is 0 Å². The molecule has 0 radical (unpaired) electrons. The first-order valence-electron chi connectivity index (χ1n) is 3.79. The first-order valence-corrected chi connectivity index (χ1v) is 6.95. The Morgan fingerprint density at radius 3 is 2.14 bits per heavy atom. The highest BCUT2D eigenvalue weighted by molar-refractivity contribution is 9.25. The molecule has 0 aromatic heterocycles. The maximum atomic E-state index is 11.3. The van der Waals surface area contributed by atoms with Crippen molar-refractivity contribution < 1.29 is 19.1 Å². The van der Waals surface area contributed by atoms with Crippen molar-refractivity contribution in [2.75, 3.05) is 6.73 Å². The molecule has 5 nitrogen and oxygen atoms in total. The molecule has 0 aliphatic carbocycles. The van der Waals surface area contributed by atoms with Crippen molar-refractivity contribution in [1.82, 2.24) is 5.09 Å². The number of aliphatic hydroxyl groups is 1. The van der Waals surface area contributed by atoms with Gasteiger partial charge in [0.2, 0.25) is 0 Å². The molecule has 0 fully saturated rings. The van der Waals surface area contributed by atoms with Crippen LogP contribution in [0.4, 0.5) is 0 Å². The number of halogens is 2. The lowest BCUT2D eigenvalue weighted by Gasteiger charge is -2.35. The van der Waals surface area contributed by atoms with Gasteiger partial charge in [0, 0.05) is 5.41 Å². The van der Waals surface area contributed by atoms with Gasteiger partial charge in [-0.15, -0.1) is 0 Å². The first kappa shape index (κ1) is 15.0. The van der Waals surface area contributed by atoms with Crippen molar-refractivity contribution in [2.45, 2.75) is 24.2 Å². The lowest BCUT2D eigenvalue weighted by Crippen LogP contribution is -2.34. The van der Waals surface area contributed by atoms with E-state index in [9.17, 15) is 9.46 Å². The van der Waals surface area contributed by atoms with Gasteiger partial charge in [0.15, 0.2) is 3.42 Å². The monoisotopic (exact) mass is 353 g/mol. The summed E-state index contributed by atoms with van der Waals surface area (Å²) in [7, 11) is -4.00. The Morgan fingerprint density at radius 2 is 1.86 bits per heavy atom. The molecule has 14 heavy (non-hydrogen) atoms. The fourth-order valence-corrected chi connectivity index (χ4v) is 2.42. The van der Waals surface area contributed by atoms with Crippen molar-refractivity contribution in [3.8, 4) is 0 Å². The average molecular weight is 355 g/mol. The largest absolute Gasteiger partial charge is 0.406 e. The van der Waals surface area contributed by atoms with Crippen LogP contribution in [0.5, 0.6) is 0 Å². The van der Waals surface area contributed by atoms with Crippen molar-refractivity contribution in [3.63, 3.8) is 0 Å². The van der Waals surface area contributed by atoms with Gasteiger partial charge in [-0.25, -0.2) is 4.57 Å². The van der Waals surface area contributed by atoms with Gasteiger partial charge in [-0.1, -0.05) is 20.8 Å². The molecule has 0 saturated carbocycles. The van der Waals surface area contributed by atoms with Gasteiger partial charge in [-0.2, -0.15) is 5.09 Å². The Kier molecular flexibility index (Phi) is 5.27. The van der Waals surface area contributed by atoms with Crippen LogP contribution in [0.15, 0.2) is 0 Å². The smallest absolute Gasteiger partial charge is 0.381 e. The third-order valence-corrected chi connectivity index (χ3v) is 5.65. The number of alkyl halides is 2. The predicted octanol–water partition coefficient (Wildman–Crippen LogP) is 2.13. The van der Waals surface area contributed by atoms with Gasteiger partial charge < -0.3 is 10.00 Å². The zero-order chi connectivity index (χ0) is 11.6. The van der Waals surface area contributed by atoms with E-state index in [0.29, 0.717) is 0 Å². The minimum absolute atomic E-state index is 0.442. The topological polar surface area (TPSA) is 78.8 Å². The van der Waals surface area contributed by atoms with Crippen molar-refractivity contribution in [3.05, 3.63) is 0 Å². The molecular formula is C6H14Br2NO4P. The maximum absolute atomic E-state index is 11.3. The van der Waals surface area contributed by atoms with E-state index in [0.717, 1.165) is 0 Å². The minimum atomic E-state index is -4.00. The summed E-state index contributed by atoms with van der Waals surface area (Å²) in [5.41, 5.74) is -0.442. The Balaban J connectivity index is 4.59. The summed E-state index contributed by atoms with van der Waals surface area (Å²) < 4.78 is 15.0. The summed E-state index contributed by atoms with van der Waals surface area (Å²) in [5, 5.41) is 10.4. The van der Waals surface area contributed by atoms with Gasteiger partial charge in [-0.3, -0.25) is 4.52 Å². The van der Waals surface area contributed by atoms with Crippen molar-refractivity contribution in [1.29, 1.82) is 0 Å². The van der Waals surface area contributed by atoms with Crippen LogP contribution in [-0.2, 0) is 9.09 Å². The van der Waals surface area contributed by atoms with E-state index < -0.39 is 23.3 Å². The minimum Gasteiger partial charge on any atom is -0.381 e. The SMILES string of the molecule is CC(C)(C)C(Br)(Br)OP(=O)(O)NCO. The summed E-state index contributed by atoms with van der Waals surface area (Å²) in [4.78, 5) is 9.22. The van der Waals surface area contributed by atoms with Crippen LogP contribution >= 0.6 is 39.6 Å². The van der Waals surface area contributed by atoms with E-state index >= 15 is 0 Å². The highest BCUT2D eigenvalue weighted by Gasteiger charge is 2.43. The second-order valence-corrected chi connectivity index (χ2v) is 8.53. The van der Waals surface area contributed by atoms with Crippen LogP contribution in [0.25, 0.3) is 0 Å². The molecule has 0 aliphatic rings. The Hall–Kier alpha value is 1.03. The third-order valence-electron chi connectivity index (χ3n) is 1.38. The highest BCUT2D eigenvalue weighted by atomic mass is 79.9. The second kappa shape index (κ2) is 4.91.